The van der Waals surface area contributed by atoms with Crippen molar-refractivity contribution in [3.63, 3.8) is 0 Å². The van der Waals surface area contributed by atoms with E-state index in [0.717, 1.165) is 12.3 Å². The minimum absolute atomic E-state index is 0.408. The van der Waals surface area contributed by atoms with Crippen LogP contribution in [-0.2, 0) is 0 Å². The molecule has 3 N–H and O–H groups in total. The summed E-state index contributed by atoms with van der Waals surface area (Å²) in [7, 11) is 0. The van der Waals surface area contributed by atoms with Gasteiger partial charge in [0.2, 0.25) is 0 Å². The number of hydrogen-bond donors (Lipinski definition) is 2. The molecule has 4 heteroatoms. The number of hydrogen-bond acceptors (Lipinski definition) is 2. The number of carbonyl (C=O) groups is 1. The van der Waals surface area contributed by atoms with Gasteiger partial charge in [-0.2, -0.15) is 0 Å². The van der Waals surface area contributed by atoms with Gasteiger partial charge in [0.15, 0.2) is 0 Å². The molecule has 0 bridgehead atoms. The average Bonchev–Trinajstić information content (AvgIpc) is 2.30. The van der Waals surface area contributed by atoms with Crippen LogP contribution in [0.25, 0.3) is 0 Å². The Morgan fingerprint density at radius 2 is 2.25 bits per heavy atom. The van der Waals surface area contributed by atoms with E-state index in [9.17, 15) is 9.90 Å². The quantitative estimate of drug-likeness (QED) is 0.588. The smallest absolute Gasteiger partial charge is 0.314 e. The third-order valence-electron chi connectivity index (χ3n) is 2.24. The molecule has 1 rings (SSSR count). The van der Waals surface area contributed by atoms with E-state index in [-0.39, 0.29) is 0 Å². The Labute approximate surface area is 72.3 Å². The highest BCUT2D eigenvalue weighted by atomic mass is 16.3. The lowest BCUT2D eigenvalue weighted by molar-refractivity contribution is 0.0911. The molecule has 0 atom stereocenters. The summed E-state index contributed by atoms with van der Waals surface area (Å²) in [5, 5.41) is 9.60. The molecular formula is C8H15N2O2. The Bertz CT molecular complexity index is 186. The molecule has 1 aliphatic rings. The number of rotatable bonds is 1. The van der Waals surface area contributed by atoms with Gasteiger partial charge in [-0.1, -0.05) is 0 Å². The first-order chi connectivity index (χ1) is 5.41. The van der Waals surface area contributed by atoms with Crippen molar-refractivity contribution in [2.24, 2.45) is 5.73 Å². The summed E-state index contributed by atoms with van der Waals surface area (Å²) in [6.07, 6.45) is 0.756. The van der Waals surface area contributed by atoms with Crippen LogP contribution in [0.5, 0.6) is 0 Å². The Hall–Kier alpha value is -0.770. The first-order valence-corrected chi connectivity index (χ1v) is 4.03. The zero-order chi connectivity index (χ0) is 9.35. The van der Waals surface area contributed by atoms with E-state index in [4.69, 9.17) is 5.73 Å². The van der Waals surface area contributed by atoms with Crippen LogP contribution in [0.3, 0.4) is 0 Å². The molecule has 0 spiro atoms. The van der Waals surface area contributed by atoms with Crippen molar-refractivity contribution in [2.45, 2.75) is 25.9 Å². The Morgan fingerprint density at radius 3 is 2.50 bits per heavy atom. The van der Waals surface area contributed by atoms with Crippen molar-refractivity contribution in [3.05, 3.63) is 5.92 Å². The lowest BCUT2D eigenvalue weighted by Gasteiger charge is -2.24. The van der Waals surface area contributed by atoms with E-state index in [2.05, 4.69) is 0 Å². The van der Waals surface area contributed by atoms with Crippen LogP contribution in [0.4, 0.5) is 4.79 Å². The summed E-state index contributed by atoms with van der Waals surface area (Å²) in [4.78, 5) is 12.3. The predicted molar refractivity (Wildman–Crippen MR) is 45.3 cm³/mol. The lowest BCUT2D eigenvalue weighted by Crippen LogP contribution is -2.36. The fourth-order valence-electron chi connectivity index (χ4n) is 1.35. The molecule has 1 saturated heterocycles. The largest absolute Gasteiger partial charge is 0.390 e. The highest BCUT2D eigenvalue weighted by Gasteiger charge is 2.35. The summed E-state index contributed by atoms with van der Waals surface area (Å²) in [6, 6.07) is -0.408. The molecule has 12 heavy (non-hydrogen) atoms. The zero-order valence-electron chi connectivity index (χ0n) is 7.50. The molecule has 0 aromatic heterocycles. The van der Waals surface area contributed by atoms with Gasteiger partial charge in [0, 0.05) is 19.0 Å². The van der Waals surface area contributed by atoms with E-state index in [1.54, 1.807) is 13.8 Å². The average molecular weight is 171 g/mol. The topological polar surface area (TPSA) is 66.6 Å². The van der Waals surface area contributed by atoms with Crippen molar-refractivity contribution in [1.29, 1.82) is 0 Å². The van der Waals surface area contributed by atoms with E-state index in [1.165, 1.54) is 4.90 Å². The highest BCUT2D eigenvalue weighted by Crippen LogP contribution is 2.28. The van der Waals surface area contributed by atoms with Crippen LogP contribution in [0, 0.1) is 5.92 Å². The normalized spacial score (nSPS) is 20.1. The minimum Gasteiger partial charge on any atom is -0.390 e. The fourth-order valence-corrected chi connectivity index (χ4v) is 1.35. The molecule has 1 heterocycles. The second-order valence-corrected chi connectivity index (χ2v) is 3.67. The molecule has 1 aliphatic heterocycles. The minimum atomic E-state index is -0.787. The third kappa shape index (κ3) is 1.88. The monoisotopic (exact) mass is 171 g/mol. The van der Waals surface area contributed by atoms with Crippen LogP contribution in [0.15, 0.2) is 0 Å². The van der Waals surface area contributed by atoms with Gasteiger partial charge in [0.05, 0.1) is 5.60 Å². The maximum atomic E-state index is 10.7. The first-order valence-electron chi connectivity index (χ1n) is 4.03. The van der Waals surface area contributed by atoms with Crippen molar-refractivity contribution >= 4 is 6.03 Å². The summed E-state index contributed by atoms with van der Waals surface area (Å²) < 4.78 is 0. The number of amides is 2. The molecule has 0 aromatic rings. The zero-order valence-corrected chi connectivity index (χ0v) is 7.50. The van der Waals surface area contributed by atoms with Crippen molar-refractivity contribution in [2.75, 3.05) is 13.1 Å². The van der Waals surface area contributed by atoms with Crippen LogP contribution in [0.2, 0.25) is 0 Å². The molecule has 0 aliphatic carbocycles. The molecule has 4 nitrogen and oxygen atoms in total. The second-order valence-electron chi connectivity index (χ2n) is 3.67. The van der Waals surface area contributed by atoms with Gasteiger partial charge in [0.25, 0.3) is 0 Å². The maximum Gasteiger partial charge on any atom is 0.314 e. The predicted octanol–water partition coefficient (Wildman–Crippen LogP) is 0.116. The van der Waals surface area contributed by atoms with E-state index >= 15 is 0 Å². The molecule has 2 amide bonds. The Kier molecular flexibility index (Phi) is 2.28. The summed E-state index contributed by atoms with van der Waals surface area (Å²) in [5.41, 5.74) is 4.31. The van der Waals surface area contributed by atoms with E-state index in [1.807, 2.05) is 0 Å². The Balaban J connectivity index is 2.51. The lowest BCUT2D eigenvalue weighted by atomic mass is 9.91. The van der Waals surface area contributed by atoms with Gasteiger partial charge in [-0.25, -0.2) is 4.79 Å². The second kappa shape index (κ2) is 2.94. The molecule has 0 saturated carbocycles. The number of nitrogens with two attached hydrogens (primary N) is 1. The molecular weight excluding hydrogens is 156 g/mol. The molecule has 1 fully saturated rings. The molecule has 0 aromatic carbocycles. The van der Waals surface area contributed by atoms with Crippen molar-refractivity contribution < 1.29 is 9.90 Å². The van der Waals surface area contributed by atoms with Gasteiger partial charge in [0.1, 0.15) is 0 Å². The fraction of sp³-hybridized carbons (Fsp3) is 0.750. The van der Waals surface area contributed by atoms with Crippen molar-refractivity contribution in [1.82, 2.24) is 4.90 Å². The van der Waals surface area contributed by atoms with Crippen LogP contribution < -0.4 is 5.73 Å². The number of nitrogens with zero attached hydrogens (tertiary/aromatic N) is 1. The number of likely N-dealkylation sites (tertiary alicyclic amines) is 1. The molecule has 69 valence electrons. The number of carbonyl (C=O) groups excluding carboxylic acids is 1. The molecule has 1 radical (unpaired) electrons. The maximum absolute atomic E-state index is 10.7. The standard InChI is InChI=1S/C8H15N2O2/c1-8(2,12)6-3-4-10(5-6)7(9)11/h12H,3-5H2,1-2H3,(H2,9,11). The van der Waals surface area contributed by atoms with Crippen LogP contribution in [-0.4, -0.2) is 34.7 Å². The van der Waals surface area contributed by atoms with E-state index in [0.29, 0.717) is 13.1 Å². The van der Waals surface area contributed by atoms with Crippen LogP contribution >= 0.6 is 0 Å². The number of primary amides is 1. The van der Waals surface area contributed by atoms with Gasteiger partial charge in [-0.05, 0) is 20.3 Å². The molecule has 0 unspecified atom stereocenters. The van der Waals surface area contributed by atoms with Gasteiger partial charge in [-0.15, -0.1) is 0 Å². The highest BCUT2D eigenvalue weighted by molar-refractivity contribution is 5.72. The Morgan fingerprint density at radius 1 is 1.67 bits per heavy atom. The van der Waals surface area contributed by atoms with Crippen LogP contribution in [0.1, 0.15) is 20.3 Å². The number of urea groups is 1. The number of aliphatic hydroxyl groups is 1. The summed E-state index contributed by atoms with van der Waals surface area (Å²) in [6.45, 7) is 4.59. The van der Waals surface area contributed by atoms with E-state index < -0.39 is 11.6 Å². The first kappa shape index (κ1) is 9.32. The summed E-state index contributed by atoms with van der Waals surface area (Å²) in [5.74, 6) is 0.973. The SMILES string of the molecule is CC(C)(O)[C]1CCN(C(N)=O)C1. The van der Waals surface area contributed by atoms with Crippen molar-refractivity contribution in [3.8, 4) is 0 Å². The third-order valence-corrected chi connectivity index (χ3v) is 2.24. The van der Waals surface area contributed by atoms with Gasteiger partial charge >= 0.3 is 6.03 Å². The summed E-state index contributed by atoms with van der Waals surface area (Å²) >= 11 is 0. The van der Waals surface area contributed by atoms with Gasteiger partial charge in [-0.3, -0.25) is 0 Å². The van der Waals surface area contributed by atoms with Gasteiger partial charge < -0.3 is 15.7 Å².